The van der Waals surface area contributed by atoms with E-state index in [1.807, 2.05) is 19.9 Å². The van der Waals surface area contributed by atoms with E-state index in [1.54, 1.807) is 24.3 Å². The summed E-state index contributed by atoms with van der Waals surface area (Å²) in [5.74, 6) is -0.423. The number of hydrogen-bond donors (Lipinski definition) is 1. The van der Waals surface area contributed by atoms with Gasteiger partial charge in [0.05, 0.1) is 17.2 Å². The van der Waals surface area contributed by atoms with Crippen LogP contribution in [0.2, 0.25) is 0 Å². The molecule has 0 saturated carbocycles. The van der Waals surface area contributed by atoms with Gasteiger partial charge in [-0.2, -0.15) is 5.26 Å². The number of benzene rings is 2. The van der Waals surface area contributed by atoms with Crippen LogP contribution < -0.4 is 4.74 Å². The van der Waals surface area contributed by atoms with Crippen LogP contribution in [0, 0.1) is 25.2 Å². The molecule has 2 aromatic rings. The van der Waals surface area contributed by atoms with Gasteiger partial charge in [0.25, 0.3) is 0 Å². The van der Waals surface area contributed by atoms with Gasteiger partial charge in [-0.15, -0.1) is 0 Å². The number of rotatable bonds is 4. The molecule has 4 heteroatoms. The number of aryl methyl sites for hydroxylation is 2. The van der Waals surface area contributed by atoms with E-state index in [1.165, 1.54) is 6.07 Å². The Morgan fingerprint density at radius 3 is 2.57 bits per heavy atom. The normalized spacial score (nSPS) is 9.95. The Morgan fingerprint density at radius 2 is 1.95 bits per heavy atom. The molecule has 0 bridgehead atoms. The van der Waals surface area contributed by atoms with Gasteiger partial charge in [0, 0.05) is 0 Å². The number of carboxylic acids is 1. The molecule has 21 heavy (non-hydrogen) atoms. The van der Waals surface area contributed by atoms with Crippen LogP contribution >= 0.6 is 0 Å². The molecule has 2 rings (SSSR count). The summed E-state index contributed by atoms with van der Waals surface area (Å²) >= 11 is 0. The Bertz CT molecular complexity index is 729. The molecule has 0 spiro atoms. The van der Waals surface area contributed by atoms with Crippen molar-refractivity contribution in [2.75, 3.05) is 0 Å². The van der Waals surface area contributed by atoms with Crippen LogP contribution in [0.5, 0.6) is 5.75 Å². The predicted octanol–water partition coefficient (Wildman–Crippen LogP) is 3.45. The molecule has 0 aliphatic heterocycles. The molecular weight excluding hydrogens is 266 g/mol. The zero-order chi connectivity index (χ0) is 15.4. The molecule has 0 amide bonds. The SMILES string of the molecule is Cc1cc(C#N)ccc1COc1cc(C(=O)O)ccc1C. The van der Waals surface area contributed by atoms with Gasteiger partial charge in [0.1, 0.15) is 12.4 Å². The molecular formula is C17H15NO3. The predicted molar refractivity (Wildman–Crippen MR) is 78.4 cm³/mol. The maximum absolute atomic E-state index is 11.0. The fraction of sp³-hybridized carbons (Fsp3) is 0.176. The minimum Gasteiger partial charge on any atom is -0.489 e. The smallest absolute Gasteiger partial charge is 0.335 e. The highest BCUT2D eigenvalue weighted by atomic mass is 16.5. The zero-order valence-electron chi connectivity index (χ0n) is 11.9. The van der Waals surface area contributed by atoms with Crippen LogP contribution in [0.1, 0.15) is 32.6 Å². The summed E-state index contributed by atoms with van der Waals surface area (Å²) in [5.41, 5.74) is 3.63. The molecule has 1 N–H and O–H groups in total. The molecule has 0 saturated heterocycles. The lowest BCUT2D eigenvalue weighted by Crippen LogP contribution is -2.02. The minimum absolute atomic E-state index is 0.201. The van der Waals surface area contributed by atoms with Gasteiger partial charge in [-0.1, -0.05) is 12.1 Å². The summed E-state index contributed by atoms with van der Waals surface area (Å²) in [6.07, 6.45) is 0. The molecule has 4 nitrogen and oxygen atoms in total. The van der Waals surface area contributed by atoms with Gasteiger partial charge in [-0.25, -0.2) is 4.79 Å². The molecule has 0 fully saturated rings. The summed E-state index contributed by atoms with van der Waals surface area (Å²) in [5, 5.41) is 17.8. The van der Waals surface area contributed by atoms with E-state index in [4.69, 9.17) is 15.1 Å². The molecule has 106 valence electrons. The Labute approximate surface area is 123 Å². The first-order valence-electron chi connectivity index (χ1n) is 6.47. The van der Waals surface area contributed by atoms with Crippen LogP contribution in [0.15, 0.2) is 36.4 Å². The standard InChI is InChI=1S/C17H15NO3/c1-11-3-5-14(17(19)20)8-16(11)21-10-15-6-4-13(9-18)7-12(15)2/h3-8H,10H2,1-2H3,(H,19,20). The summed E-state index contributed by atoms with van der Waals surface area (Å²) in [6.45, 7) is 4.12. The van der Waals surface area contributed by atoms with Gasteiger partial charge in [0.2, 0.25) is 0 Å². The number of carbonyl (C=O) groups is 1. The van der Waals surface area contributed by atoms with Crippen LogP contribution in [-0.2, 0) is 6.61 Å². The van der Waals surface area contributed by atoms with Crippen molar-refractivity contribution in [3.8, 4) is 11.8 Å². The largest absolute Gasteiger partial charge is 0.489 e. The molecule has 0 aliphatic carbocycles. The van der Waals surface area contributed by atoms with Crippen molar-refractivity contribution < 1.29 is 14.6 Å². The van der Waals surface area contributed by atoms with E-state index in [0.29, 0.717) is 17.9 Å². The van der Waals surface area contributed by atoms with Gasteiger partial charge in [0.15, 0.2) is 0 Å². The lowest BCUT2D eigenvalue weighted by Gasteiger charge is -2.11. The average molecular weight is 281 g/mol. The topological polar surface area (TPSA) is 70.3 Å². The number of hydrogen-bond acceptors (Lipinski definition) is 3. The van der Waals surface area contributed by atoms with E-state index in [-0.39, 0.29) is 5.56 Å². The van der Waals surface area contributed by atoms with Crippen molar-refractivity contribution in [1.29, 1.82) is 5.26 Å². The number of ether oxygens (including phenoxy) is 1. The second-order valence-electron chi connectivity index (χ2n) is 4.83. The number of nitriles is 1. The van der Waals surface area contributed by atoms with Crippen molar-refractivity contribution in [3.05, 3.63) is 64.2 Å². The summed E-state index contributed by atoms with van der Waals surface area (Å²) < 4.78 is 5.72. The Kier molecular flexibility index (Phi) is 4.24. The number of nitrogens with zero attached hydrogens (tertiary/aromatic N) is 1. The minimum atomic E-state index is -0.977. The van der Waals surface area contributed by atoms with Crippen molar-refractivity contribution in [3.63, 3.8) is 0 Å². The molecule has 0 aliphatic rings. The average Bonchev–Trinajstić information content (AvgIpc) is 2.47. The van der Waals surface area contributed by atoms with Crippen LogP contribution in [0.25, 0.3) is 0 Å². The molecule has 2 aromatic carbocycles. The maximum atomic E-state index is 11.0. The fourth-order valence-electron chi connectivity index (χ4n) is 1.97. The third-order valence-corrected chi connectivity index (χ3v) is 3.29. The lowest BCUT2D eigenvalue weighted by atomic mass is 10.1. The Balaban J connectivity index is 2.18. The Hall–Kier alpha value is -2.80. The zero-order valence-corrected chi connectivity index (χ0v) is 11.9. The van der Waals surface area contributed by atoms with Crippen molar-refractivity contribution in [2.45, 2.75) is 20.5 Å². The quantitative estimate of drug-likeness (QED) is 0.931. The van der Waals surface area contributed by atoms with Crippen LogP contribution in [0.4, 0.5) is 0 Å². The number of aromatic carboxylic acids is 1. The van der Waals surface area contributed by atoms with Gasteiger partial charge in [-0.3, -0.25) is 0 Å². The summed E-state index contributed by atoms with van der Waals surface area (Å²) in [7, 11) is 0. The molecule has 0 heterocycles. The van der Waals surface area contributed by atoms with E-state index >= 15 is 0 Å². The third-order valence-electron chi connectivity index (χ3n) is 3.29. The molecule has 0 radical (unpaired) electrons. The lowest BCUT2D eigenvalue weighted by molar-refractivity contribution is 0.0696. The second-order valence-corrected chi connectivity index (χ2v) is 4.83. The highest BCUT2D eigenvalue weighted by Gasteiger charge is 2.08. The molecule has 0 atom stereocenters. The first kappa shape index (κ1) is 14.6. The van der Waals surface area contributed by atoms with Crippen molar-refractivity contribution >= 4 is 5.97 Å². The highest BCUT2D eigenvalue weighted by molar-refractivity contribution is 5.88. The van der Waals surface area contributed by atoms with Gasteiger partial charge < -0.3 is 9.84 Å². The second kappa shape index (κ2) is 6.10. The van der Waals surface area contributed by atoms with E-state index in [0.717, 1.165) is 16.7 Å². The van der Waals surface area contributed by atoms with Crippen molar-refractivity contribution in [2.24, 2.45) is 0 Å². The summed E-state index contributed by atoms with van der Waals surface area (Å²) in [4.78, 5) is 11.0. The third kappa shape index (κ3) is 3.40. The molecule has 0 aromatic heterocycles. The fourth-order valence-corrected chi connectivity index (χ4v) is 1.97. The van der Waals surface area contributed by atoms with Crippen molar-refractivity contribution in [1.82, 2.24) is 0 Å². The van der Waals surface area contributed by atoms with Gasteiger partial charge >= 0.3 is 5.97 Å². The maximum Gasteiger partial charge on any atom is 0.335 e. The highest BCUT2D eigenvalue weighted by Crippen LogP contribution is 2.22. The summed E-state index contributed by atoms with van der Waals surface area (Å²) in [6, 6.07) is 12.3. The monoisotopic (exact) mass is 281 g/mol. The van der Waals surface area contributed by atoms with E-state index < -0.39 is 5.97 Å². The van der Waals surface area contributed by atoms with Crippen LogP contribution in [-0.4, -0.2) is 11.1 Å². The van der Waals surface area contributed by atoms with E-state index in [2.05, 4.69) is 6.07 Å². The molecule has 0 unspecified atom stereocenters. The first-order chi connectivity index (χ1) is 10.0. The first-order valence-corrected chi connectivity index (χ1v) is 6.47. The van der Waals surface area contributed by atoms with Gasteiger partial charge in [-0.05, 0) is 54.8 Å². The van der Waals surface area contributed by atoms with Crippen LogP contribution in [0.3, 0.4) is 0 Å². The van der Waals surface area contributed by atoms with E-state index in [9.17, 15) is 4.79 Å². The number of carboxylic acid groups (broad SMARTS) is 1. The Morgan fingerprint density at radius 1 is 1.19 bits per heavy atom.